The van der Waals surface area contributed by atoms with Crippen LogP contribution >= 0.6 is 27.5 Å². The fourth-order valence-corrected chi connectivity index (χ4v) is 2.82. The summed E-state index contributed by atoms with van der Waals surface area (Å²) in [7, 11) is 0. The normalized spacial score (nSPS) is 12.9. The molecule has 0 amide bonds. The average Bonchev–Trinajstić information content (AvgIpc) is 2.78. The Balaban J connectivity index is 2.58. The van der Waals surface area contributed by atoms with Gasteiger partial charge in [0.25, 0.3) is 0 Å². The van der Waals surface area contributed by atoms with Crippen molar-refractivity contribution < 1.29 is 4.39 Å². The molecular formula is C13H15BrClFN4. The number of nitrogens with one attached hydrogen (secondary N) is 1. The Labute approximate surface area is 130 Å². The lowest BCUT2D eigenvalue weighted by atomic mass is 10.0. The lowest BCUT2D eigenvalue weighted by Gasteiger charge is -2.21. The Morgan fingerprint density at radius 2 is 2.15 bits per heavy atom. The molecule has 3 N–H and O–H groups in total. The molecule has 1 unspecified atom stereocenters. The van der Waals surface area contributed by atoms with Crippen LogP contribution in [0, 0.1) is 5.82 Å². The van der Waals surface area contributed by atoms with Gasteiger partial charge in [-0.05, 0) is 41.4 Å². The highest BCUT2D eigenvalue weighted by Gasteiger charge is 2.25. The SMILES string of the molecule is CC(C)n1ncc(Cl)c1C(NN)c1cccc(F)c1Br. The Hall–Kier alpha value is -0.950. The summed E-state index contributed by atoms with van der Waals surface area (Å²) in [5.74, 6) is 5.31. The summed E-state index contributed by atoms with van der Waals surface area (Å²) < 4.78 is 15.8. The zero-order valence-electron chi connectivity index (χ0n) is 11.1. The second-order valence-corrected chi connectivity index (χ2v) is 5.86. The number of halogens is 3. The van der Waals surface area contributed by atoms with Crippen LogP contribution in [0.3, 0.4) is 0 Å². The average molecular weight is 362 g/mol. The number of nitrogens with two attached hydrogens (primary N) is 1. The van der Waals surface area contributed by atoms with Gasteiger partial charge in [-0.1, -0.05) is 23.7 Å². The third kappa shape index (κ3) is 2.74. The monoisotopic (exact) mass is 360 g/mol. The molecule has 1 aromatic carbocycles. The molecule has 0 fully saturated rings. The summed E-state index contributed by atoms with van der Waals surface area (Å²) in [6.07, 6.45) is 1.56. The van der Waals surface area contributed by atoms with Crippen molar-refractivity contribution in [2.45, 2.75) is 25.9 Å². The van der Waals surface area contributed by atoms with Crippen LogP contribution in [-0.2, 0) is 0 Å². The van der Waals surface area contributed by atoms with E-state index in [1.54, 1.807) is 23.0 Å². The van der Waals surface area contributed by atoms with Gasteiger partial charge in [0, 0.05) is 6.04 Å². The fraction of sp³-hybridized carbons (Fsp3) is 0.308. The molecule has 1 aromatic heterocycles. The predicted molar refractivity (Wildman–Crippen MR) is 80.9 cm³/mol. The van der Waals surface area contributed by atoms with Gasteiger partial charge in [-0.25, -0.2) is 9.82 Å². The minimum absolute atomic E-state index is 0.112. The molecule has 0 aliphatic carbocycles. The largest absolute Gasteiger partial charge is 0.271 e. The fourth-order valence-electron chi connectivity index (χ4n) is 2.09. The molecular weight excluding hydrogens is 347 g/mol. The summed E-state index contributed by atoms with van der Waals surface area (Å²) in [6, 6.07) is 4.44. The van der Waals surface area contributed by atoms with Gasteiger partial charge in [0.15, 0.2) is 0 Å². The Morgan fingerprint density at radius 1 is 1.45 bits per heavy atom. The topological polar surface area (TPSA) is 55.9 Å². The standard InChI is InChI=1S/C13H15BrClFN4/c1-7(2)20-13(9(15)6-18-20)12(19-17)8-4-3-5-10(16)11(8)14/h3-7,12,19H,17H2,1-2H3. The predicted octanol–water partition coefficient (Wildman–Crippen LogP) is 3.57. The van der Waals surface area contributed by atoms with Crippen LogP contribution in [0.25, 0.3) is 0 Å². The number of nitrogens with zero attached hydrogens (tertiary/aromatic N) is 2. The highest BCUT2D eigenvalue weighted by Crippen LogP contribution is 2.34. The molecule has 7 heteroatoms. The molecule has 0 bridgehead atoms. The number of benzene rings is 1. The van der Waals surface area contributed by atoms with Gasteiger partial charge < -0.3 is 0 Å². The molecule has 1 heterocycles. The molecule has 2 rings (SSSR count). The number of aromatic nitrogens is 2. The van der Waals surface area contributed by atoms with Crippen LogP contribution in [0.4, 0.5) is 4.39 Å². The summed E-state index contributed by atoms with van der Waals surface area (Å²) in [5.41, 5.74) is 4.05. The lowest BCUT2D eigenvalue weighted by molar-refractivity contribution is 0.474. The zero-order chi connectivity index (χ0) is 14.9. The molecule has 1 atom stereocenters. The lowest BCUT2D eigenvalue weighted by Crippen LogP contribution is -2.31. The summed E-state index contributed by atoms with van der Waals surface area (Å²) in [6.45, 7) is 3.97. The second kappa shape index (κ2) is 6.22. The van der Waals surface area contributed by atoms with Crippen molar-refractivity contribution in [1.82, 2.24) is 15.2 Å². The smallest absolute Gasteiger partial charge is 0.137 e. The Kier molecular flexibility index (Phi) is 4.80. The zero-order valence-corrected chi connectivity index (χ0v) is 13.4. The first-order valence-corrected chi connectivity index (χ1v) is 7.27. The van der Waals surface area contributed by atoms with E-state index in [1.165, 1.54) is 6.07 Å². The van der Waals surface area contributed by atoms with Crippen LogP contribution in [0.5, 0.6) is 0 Å². The summed E-state index contributed by atoms with van der Waals surface area (Å²) >= 11 is 9.47. The maximum Gasteiger partial charge on any atom is 0.137 e. The van der Waals surface area contributed by atoms with Gasteiger partial charge in [-0.15, -0.1) is 0 Å². The first-order chi connectivity index (χ1) is 9.47. The van der Waals surface area contributed by atoms with E-state index in [1.807, 2.05) is 13.8 Å². The van der Waals surface area contributed by atoms with Gasteiger partial charge in [0.2, 0.25) is 0 Å². The molecule has 20 heavy (non-hydrogen) atoms. The minimum Gasteiger partial charge on any atom is -0.271 e. The number of hydrazine groups is 1. The Bertz CT molecular complexity index is 614. The van der Waals surface area contributed by atoms with E-state index >= 15 is 0 Å². The van der Waals surface area contributed by atoms with E-state index < -0.39 is 6.04 Å². The molecule has 2 aromatic rings. The van der Waals surface area contributed by atoms with Crippen molar-refractivity contribution >= 4 is 27.5 Å². The van der Waals surface area contributed by atoms with Crippen molar-refractivity contribution in [3.05, 3.63) is 51.0 Å². The first kappa shape index (κ1) is 15.4. The maximum atomic E-state index is 13.7. The van der Waals surface area contributed by atoms with Crippen molar-refractivity contribution in [3.8, 4) is 0 Å². The van der Waals surface area contributed by atoms with E-state index in [0.717, 1.165) is 0 Å². The minimum atomic E-state index is -0.461. The molecule has 4 nitrogen and oxygen atoms in total. The first-order valence-electron chi connectivity index (χ1n) is 6.10. The molecule has 0 spiro atoms. The van der Waals surface area contributed by atoms with Gasteiger partial charge in [-0.3, -0.25) is 10.5 Å². The molecule has 0 saturated carbocycles. The van der Waals surface area contributed by atoms with Crippen LogP contribution in [-0.4, -0.2) is 9.78 Å². The Morgan fingerprint density at radius 3 is 2.75 bits per heavy atom. The van der Waals surface area contributed by atoms with Gasteiger partial charge in [-0.2, -0.15) is 5.10 Å². The quantitative estimate of drug-likeness (QED) is 0.646. The third-order valence-electron chi connectivity index (χ3n) is 3.01. The van der Waals surface area contributed by atoms with E-state index in [4.69, 9.17) is 17.4 Å². The van der Waals surface area contributed by atoms with Crippen molar-refractivity contribution in [2.24, 2.45) is 5.84 Å². The van der Waals surface area contributed by atoms with Crippen LogP contribution in [0.1, 0.15) is 37.2 Å². The highest BCUT2D eigenvalue weighted by atomic mass is 79.9. The van der Waals surface area contributed by atoms with E-state index in [2.05, 4.69) is 26.5 Å². The molecule has 108 valence electrons. The number of hydrogen-bond acceptors (Lipinski definition) is 3. The van der Waals surface area contributed by atoms with Gasteiger partial charge in [0.1, 0.15) is 5.82 Å². The molecule has 0 saturated heterocycles. The third-order valence-corrected chi connectivity index (χ3v) is 4.14. The van der Waals surface area contributed by atoms with Crippen LogP contribution < -0.4 is 11.3 Å². The van der Waals surface area contributed by atoms with E-state index in [0.29, 0.717) is 20.8 Å². The van der Waals surface area contributed by atoms with Crippen molar-refractivity contribution in [3.63, 3.8) is 0 Å². The van der Waals surface area contributed by atoms with Crippen LogP contribution in [0.15, 0.2) is 28.9 Å². The van der Waals surface area contributed by atoms with Crippen molar-refractivity contribution in [1.29, 1.82) is 0 Å². The maximum absolute atomic E-state index is 13.7. The second-order valence-electron chi connectivity index (χ2n) is 4.66. The number of rotatable bonds is 4. The van der Waals surface area contributed by atoms with E-state index in [9.17, 15) is 4.39 Å². The van der Waals surface area contributed by atoms with Gasteiger partial charge >= 0.3 is 0 Å². The highest BCUT2D eigenvalue weighted by molar-refractivity contribution is 9.10. The number of hydrogen-bond donors (Lipinski definition) is 2. The molecule has 0 aliphatic rings. The van der Waals surface area contributed by atoms with E-state index in [-0.39, 0.29) is 11.9 Å². The summed E-state index contributed by atoms with van der Waals surface area (Å²) in [4.78, 5) is 0. The van der Waals surface area contributed by atoms with Crippen LogP contribution in [0.2, 0.25) is 5.02 Å². The molecule has 0 radical (unpaired) electrons. The molecule has 0 aliphatic heterocycles. The van der Waals surface area contributed by atoms with Gasteiger partial charge in [0.05, 0.1) is 27.4 Å². The van der Waals surface area contributed by atoms with Crippen molar-refractivity contribution in [2.75, 3.05) is 0 Å². The summed E-state index contributed by atoms with van der Waals surface area (Å²) in [5, 5.41) is 4.73.